The van der Waals surface area contributed by atoms with E-state index in [1.807, 2.05) is 45.3 Å². The van der Waals surface area contributed by atoms with Gasteiger partial charge in [0.2, 0.25) is 11.8 Å². The molecule has 1 aliphatic rings. The maximum Gasteiger partial charge on any atom is 0.254 e. The van der Waals surface area contributed by atoms with Gasteiger partial charge in [-0.2, -0.15) is 0 Å². The van der Waals surface area contributed by atoms with E-state index in [4.69, 9.17) is 13.7 Å². The van der Waals surface area contributed by atoms with Gasteiger partial charge in [0, 0.05) is 24.4 Å². The zero-order chi connectivity index (χ0) is 33.1. The molecule has 2 amide bonds. The first-order valence-corrected chi connectivity index (χ1v) is 20.5. The number of thiazole rings is 1. The smallest absolute Gasteiger partial charge is 0.254 e. The first-order valence-electron chi connectivity index (χ1n) is 15.6. The van der Waals surface area contributed by atoms with E-state index < -0.39 is 20.3 Å². The van der Waals surface area contributed by atoms with Crippen LogP contribution < -0.4 is 10.1 Å². The number of hydrogen-bond acceptors (Lipinski definition) is 8. The van der Waals surface area contributed by atoms with Crippen LogP contribution in [-0.4, -0.2) is 65.8 Å². The van der Waals surface area contributed by atoms with Gasteiger partial charge in [0.05, 0.1) is 34.8 Å². The third-order valence-corrected chi connectivity index (χ3v) is 14.8. The zero-order valence-corrected chi connectivity index (χ0v) is 31.3. The Morgan fingerprint density at radius 1 is 1.20 bits per heavy atom. The van der Waals surface area contributed by atoms with Crippen molar-refractivity contribution in [2.24, 2.45) is 5.92 Å². The molecule has 246 valence electrons. The van der Waals surface area contributed by atoms with Crippen LogP contribution >= 0.6 is 27.3 Å². The van der Waals surface area contributed by atoms with Crippen LogP contribution in [0.3, 0.4) is 0 Å². The Morgan fingerprint density at radius 2 is 1.89 bits per heavy atom. The van der Waals surface area contributed by atoms with E-state index in [1.165, 1.54) is 0 Å². The minimum Gasteiger partial charge on any atom is -0.475 e. The van der Waals surface area contributed by atoms with Crippen LogP contribution in [-0.2, 0) is 14.0 Å². The highest BCUT2D eigenvalue weighted by Crippen LogP contribution is 2.40. The molecule has 4 rings (SSSR count). The SMILES string of the molecule is Cc1ncsc1-c1ccc([C@H](C)NC(=O)[C@H]2C[C@@H](O[Si](C)(C)C(C)(C)C)CN2C(=O)[C@@H](c2cc(OCCBr)no2)C(C)C)cc1. The number of aromatic nitrogens is 2. The Balaban J connectivity index is 1.57. The summed E-state index contributed by atoms with van der Waals surface area (Å²) in [4.78, 5) is 35.5. The second kappa shape index (κ2) is 14.5. The number of nitrogens with zero attached hydrogens (tertiary/aromatic N) is 3. The number of benzene rings is 1. The fourth-order valence-corrected chi connectivity index (χ4v) is 7.74. The Labute approximate surface area is 280 Å². The van der Waals surface area contributed by atoms with Crippen molar-refractivity contribution in [1.29, 1.82) is 0 Å². The average Bonchev–Trinajstić information content (AvgIpc) is 3.71. The zero-order valence-electron chi connectivity index (χ0n) is 27.8. The molecule has 0 unspecified atom stereocenters. The van der Waals surface area contributed by atoms with Crippen molar-refractivity contribution in [2.45, 2.75) is 97.1 Å². The van der Waals surface area contributed by atoms with E-state index >= 15 is 0 Å². The molecule has 1 aromatic carbocycles. The minimum atomic E-state index is -2.16. The van der Waals surface area contributed by atoms with Crippen molar-refractivity contribution in [3.63, 3.8) is 0 Å². The molecule has 3 aromatic rings. The molecule has 9 nitrogen and oxygen atoms in total. The van der Waals surface area contributed by atoms with Crippen molar-refractivity contribution in [2.75, 3.05) is 18.5 Å². The molecule has 12 heteroatoms. The van der Waals surface area contributed by atoms with Crippen molar-refractivity contribution in [1.82, 2.24) is 20.4 Å². The van der Waals surface area contributed by atoms with Gasteiger partial charge in [-0.05, 0) is 54.2 Å². The highest BCUT2D eigenvalue weighted by atomic mass is 79.9. The van der Waals surface area contributed by atoms with Crippen molar-refractivity contribution < 1.29 is 23.3 Å². The molecule has 0 radical (unpaired) electrons. The number of aryl methyl sites for hydroxylation is 1. The monoisotopic (exact) mass is 718 g/mol. The molecular formula is C33H47BrN4O5SSi. The number of carbonyl (C=O) groups excluding carboxylic acids is 2. The lowest BCUT2D eigenvalue weighted by Gasteiger charge is -2.38. The van der Waals surface area contributed by atoms with E-state index in [0.717, 1.165) is 21.7 Å². The van der Waals surface area contributed by atoms with E-state index in [1.54, 1.807) is 22.3 Å². The van der Waals surface area contributed by atoms with Crippen LogP contribution in [0.2, 0.25) is 18.1 Å². The molecule has 0 aliphatic carbocycles. The Morgan fingerprint density at radius 3 is 2.47 bits per heavy atom. The molecule has 0 spiro atoms. The van der Waals surface area contributed by atoms with Gasteiger partial charge in [-0.15, -0.1) is 11.3 Å². The van der Waals surface area contributed by atoms with Gasteiger partial charge in [-0.3, -0.25) is 9.59 Å². The van der Waals surface area contributed by atoms with Gasteiger partial charge in [0.25, 0.3) is 5.88 Å². The second-order valence-electron chi connectivity index (χ2n) is 13.7. The number of likely N-dealkylation sites (tertiary alicyclic amines) is 1. The molecule has 1 saturated heterocycles. The largest absolute Gasteiger partial charge is 0.475 e. The minimum absolute atomic E-state index is 0.00753. The highest BCUT2D eigenvalue weighted by Gasteiger charge is 2.47. The number of hydrogen-bond donors (Lipinski definition) is 1. The Hall–Kier alpha value is -2.54. The molecule has 1 fully saturated rings. The number of nitrogens with one attached hydrogen (secondary N) is 1. The summed E-state index contributed by atoms with van der Waals surface area (Å²) in [6, 6.07) is 8.95. The number of carbonyl (C=O) groups is 2. The lowest BCUT2D eigenvalue weighted by molar-refractivity contribution is -0.141. The van der Waals surface area contributed by atoms with Gasteiger partial charge >= 0.3 is 0 Å². The third-order valence-electron chi connectivity index (χ3n) is 8.97. The van der Waals surface area contributed by atoms with Crippen LogP contribution in [0, 0.1) is 12.8 Å². The fourth-order valence-electron chi connectivity index (χ4n) is 5.41. The summed E-state index contributed by atoms with van der Waals surface area (Å²) in [5.41, 5.74) is 4.93. The molecule has 1 N–H and O–H groups in total. The normalized spacial score (nSPS) is 18.7. The molecule has 0 saturated carbocycles. The third kappa shape index (κ3) is 8.25. The summed E-state index contributed by atoms with van der Waals surface area (Å²) in [7, 11) is -2.16. The van der Waals surface area contributed by atoms with Gasteiger partial charge < -0.3 is 23.9 Å². The van der Waals surface area contributed by atoms with Crippen LogP contribution in [0.15, 0.2) is 40.4 Å². The molecule has 0 bridgehead atoms. The topological polar surface area (TPSA) is 107 Å². The Kier molecular flexibility index (Phi) is 11.4. The summed E-state index contributed by atoms with van der Waals surface area (Å²) in [5.74, 6) is -0.327. The number of rotatable bonds is 12. The van der Waals surface area contributed by atoms with E-state index in [0.29, 0.717) is 36.5 Å². The summed E-state index contributed by atoms with van der Waals surface area (Å²) in [6.07, 6.45) is 0.185. The highest BCUT2D eigenvalue weighted by molar-refractivity contribution is 9.09. The maximum atomic E-state index is 14.3. The van der Waals surface area contributed by atoms with Crippen LogP contribution in [0.4, 0.5) is 0 Å². The first-order chi connectivity index (χ1) is 21.1. The van der Waals surface area contributed by atoms with E-state index in [2.05, 4.69) is 77.4 Å². The Bertz CT molecular complexity index is 1450. The standard InChI is InChI=1S/C33H47BrN4O5SSi/c1-20(2)29(27-17-28(37-42-27)41-15-14-34)32(40)38-18-25(43-45(8,9)33(5,6)7)16-26(38)31(39)36-21(3)23-10-12-24(13-11-23)30-22(4)35-19-44-30/h10-13,17,19-21,25-26,29H,14-16,18H2,1-9H3,(H,36,39)/t21-,25+,26+,29+/m0/s1. The summed E-state index contributed by atoms with van der Waals surface area (Å²) in [5, 5.41) is 7.85. The molecular weight excluding hydrogens is 672 g/mol. The molecule has 4 atom stereocenters. The van der Waals surface area contributed by atoms with E-state index in [9.17, 15) is 9.59 Å². The predicted molar refractivity (Wildman–Crippen MR) is 184 cm³/mol. The lowest BCUT2D eigenvalue weighted by Crippen LogP contribution is -2.48. The molecule has 2 aromatic heterocycles. The number of alkyl halides is 1. The van der Waals surface area contributed by atoms with Crippen LogP contribution in [0.25, 0.3) is 10.4 Å². The van der Waals surface area contributed by atoms with Crippen molar-refractivity contribution >= 4 is 47.4 Å². The summed E-state index contributed by atoms with van der Waals surface area (Å²) < 4.78 is 18.0. The van der Waals surface area contributed by atoms with Gasteiger partial charge in [-0.25, -0.2) is 4.98 Å². The van der Waals surface area contributed by atoms with Crippen LogP contribution in [0.1, 0.15) is 76.9 Å². The quantitative estimate of drug-likeness (QED) is 0.153. The predicted octanol–water partition coefficient (Wildman–Crippen LogP) is 7.49. The second-order valence-corrected chi connectivity index (χ2v) is 20.1. The first kappa shape index (κ1) is 35.3. The number of amides is 2. The molecule has 45 heavy (non-hydrogen) atoms. The fraction of sp³-hybridized carbons (Fsp3) is 0.576. The van der Waals surface area contributed by atoms with Crippen LogP contribution in [0.5, 0.6) is 5.88 Å². The summed E-state index contributed by atoms with van der Waals surface area (Å²) in [6.45, 7) is 19.7. The number of halogens is 1. The average molecular weight is 720 g/mol. The van der Waals surface area contributed by atoms with Gasteiger partial charge in [-0.1, -0.05) is 74.8 Å². The van der Waals surface area contributed by atoms with Crippen molar-refractivity contribution in [3.8, 4) is 16.3 Å². The maximum absolute atomic E-state index is 14.3. The van der Waals surface area contributed by atoms with Crippen molar-refractivity contribution in [3.05, 3.63) is 52.9 Å². The molecule has 1 aliphatic heterocycles. The summed E-state index contributed by atoms with van der Waals surface area (Å²) >= 11 is 4.96. The lowest BCUT2D eigenvalue weighted by atomic mass is 9.91. The van der Waals surface area contributed by atoms with Gasteiger partial charge in [0.15, 0.2) is 14.1 Å². The van der Waals surface area contributed by atoms with Gasteiger partial charge in [0.1, 0.15) is 12.0 Å². The number of ether oxygens (including phenoxy) is 1. The molecule has 3 heterocycles. The van der Waals surface area contributed by atoms with E-state index in [-0.39, 0.29) is 34.9 Å².